The molecule has 2 fully saturated rings. The van der Waals surface area contributed by atoms with Gasteiger partial charge in [0.25, 0.3) is 0 Å². The molecule has 2 heterocycles. The predicted molar refractivity (Wildman–Crippen MR) is 102 cm³/mol. The molecule has 0 saturated carbocycles. The number of likely N-dealkylation sites (tertiary alicyclic amines) is 2. The van der Waals surface area contributed by atoms with Gasteiger partial charge in [0.05, 0.1) is 7.11 Å². The van der Waals surface area contributed by atoms with E-state index in [4.69, 9.17) is 9.84 Å². The minimum Gasteiger partial charge on any atom is -0.496 e. The number of aliphatic hydroxyl groups excluding tert-OH is 1. The molecule has 2 aliphatic heterocycles. The molecular formula is C21H32N2O3. The highest BCUT2D eigenvalue weighted by Crippen LogP contribution is 2.39. The second-order valence-electron chi connectivity index (χ2n) is 8.02. The lowest BCUT2D eigenvalue weighted by Crippen LogP contribution is -2.54. The number of amides is 1. The van der Waals surface area contributed by atoms with E-state index >= 15 is 0 Å². The number of methoxy groups -OCH3 is 1. The molecule has 1 amide bonds. The van der Waals surface area contributed by atoms with E-state index in [0.717, 1.165) is 38.3 Å². The Bertz CT molecular complexity index is 634. The van der Waals surface area contributed by atoms with Gasteiger partial charge in [-0.3, -0.25) is 9.69 Å². The highest BCUT2D eigenvalue weighted by Gasteiger charge is 2.41. The number of carbonyl (C=O) groups is 1. The molecule has 1 aromatic carbocycles. The van der Waals surface area contributed by atoms with Gasteiger partial charge in [0.1, 0.15) is 5.75 Å². The number of aryl methyl sites for hydroxylation is 1. The second kappa shape index (κ2) is 8.40. The van der Waals surface area contributed by atoms with Crippen molar-refractivity contribution in [1.82, 2.24) is 9.80 Å². The maximum Gasteiger partial charge on any atom is 0.222 e. The third-order valence-electron chi connectivity index (χ3n) is 5.91. The summed E-state index contributed by atoms with van der Waals surface area (Å²) in [6.07, 6.45) is 4.68. The van der Waals surface area contributed by atoms with Gasteiger partial charge in [-0.05, 0) is 50.8 Å². The summed E-state index contributed by atoms with van der Waals surface area (Å²) in [6, 6.07) is 6.42. The van der Waals surface area contributed by atoms with E-state index in [9.17, 15) is 4.79 Å². The van der Waals surface area contributed by atoms with E-state index in [1.807, 2.05) is 4.90 Å². The Morgan fingerprint density at radius 1 is 1.27 bits per heavy atom. The van der Waals surface area contributed by atoms with Crippen molar-refractivity contribution in [2.45, 2.75) is 45.6 Å². The van der Waals surface area contributed by atoms with Gasteiger partial charge >= 0.3 is 0 Å². The summed E-state index contributed by atoms with van der Waals surface area (Å²) in [5.74, 6) is 1.22. The quantitative estimate of drug-likeness (QED) is 0.847. The van der Waals surface area contributed by atoms with Gasteiger partial charge < -0.3 is 14.7 Å². The van der Waals surface area contributed by atoms with Crippen molar-refractivity contribution >= 4 is 5.91 Å². The summed E-state index contributed by atoms with van der Waals surface area (Å²) in [5, 5.41) is 9.10. The summed E-state index contributed by atoms with van der Waals surface area (Å²) in [6.45, 7) is 6.79. The molecule has 2 saturated heterocycles. The first-order valence-corrected chi connectivity index (χ1v) is 9.80. The fourth-order valence-corrected chi connectivity index (χ4v) is 4.57. The lowest BCUT2D eigenvalue weighted by molar-refractivity contribution is -0.139. The summed E-state index contributed by atoms with van der Waals surface area (Å²) >= 11 is 0. The SMILES string of the molecule is COc1cc(C)ccc1CN1CCCC2(CCC(=O)N(CCCO)C2)C1. The molecule has 1 N–H and O–H groups in total. The van der Waals surface area contributed by atoms with E-state index in [1.54, 1.807) is 7.11 Å². The fourth-order valence-electron chi connectivity index (χ4n) is 4.57. The lowest BCUT2D eigenvalue weighted by Gasteiger charge is -2.48. The van der Waals surface area contributed by atoms with Crippen molar-refractivity contribution in [2.75, 3.05) is 39.9 Å². The number of rotatable bonds is 6. The number of hydrogen-bond acceptors (Lipinski definition) is 4. The van der Waals surface area contributed by atoms with Crippen molar-refractivity contribution in [3.8, 4) is 5.75 Å². The molecule has 5 heteroatoms. The third kappa shape index (κ3) is 4.38. The molecule has 0 radical (unpaired) electrons. The number of carbonyl (C=O) groups excluding carboxylic acids is 1. The first kappa shape index (κ1) is 19.2. The monoisotopic (exact) mass is 360 g/mol. The zero-order valence-electron chi connectivity index (χ0n) is 16.2. The fraction of sp³-hybridized carbons (Fsp3) is 0.667. The van der Waals surface area contributed by atoms with Crippen LogP contribution < -0.4 is 4.74 Å². The van der Waals surface area contributed by atoms with Gasteiger partial charge in [0.15, 0.2) is 0 Å². The smallest absolute Gasteiger partial charge is 0.222 e. The topological polar surface area (TPSA) is 53.0 Å². The van der Waals surface area contributed by atoms with E-state index in [1.165, 1.54) is 24.0 Å². The van der Waals surface area contributed by atoms with E-state index in [-0.39, 0.29) is 17.9 Å². The van der Waals surface area contributed by atoms with Crippen LogP contribution in [0.2, 0.25) is 0 Å². The molecule has 1 aromatic rings. The molecular weight excluding hydrogens is 328 g/mol. The largest absolute Gasteiger partial charge is 0.496 e. The van der Waals surface area contributed by atoms with Crippen molar-refractivity contribution in [3.05, 3.63) is 29.3 Å². The standard InChI is InChI=1S/C21H32N2O3/c1-17-5-6-18(19(13-17)26-2)14-22-10-3-8-21(15-22)9-7-20(25)23(16-21)11-4-12-24/h5-6,13,24H,3-4,7-12,14-16H2,1-2H3. The van der Waals surface area contributed by atoms with Gasteiger partial charge in [-0.2, -0.15) is 0 Å². The lowest BCUT2D eigenvalue weighted by atomic mass is 9.73. The van der Waals surface area contributed by atoms with Crippen LogP contribution in [-0.2, 0) is 11.3 Å². The molecule has 2 aliphatic rings. The first-order valence-electron chi connectivity index (χ1n) is 9.80. The number of hydrogen-bond donors (Lipinski definition) is 1. The highest BCUT2D eigenvalue weighted by atomic mass is 16.5. The summed E-state index contributed by atoms with van der Waals surface area (Å²) in [7, 11) is 1.74. The molecule has 0 aromatic heterocycles. The maximum absolute atomic E-state index is 12.2. The Balaban J connectivity index is 1.68. The maximum atomic E-state index is 12.2. The van der Waals surface area contributed by atoms with E-state index < -0.39 is 0 Å². The first-order chi connectivity index (χ1) is 12.5. The number of aliphatic hydroxyl groups is 1. The highest BCUT2D eigenvalue weighted by molar-refractivity contribution is 5.77. The van der Waals surface area contributed by atoms with Gasteiger partial charge in [0, 0.05) is 50.2 Å². The van der Waals surface area contributed by atoms with E-state index in [2.05, 4.69) is 30.0 Å². The van der Waals surface area contributed by atoms with Crippen LogP contribution in [0.4, 0.5) is 0 Å². The van der Waals surface area contributed by atoms with Crippen molar-refractivity contribution in [1.29, 1.82) is 0 Å². The van der Waals surface area contributed by atoms with Crippen molar-refractivity contribution < 1.29 is 14.6 Å². The molecule has 1 unspecified atom stereocenters. The van der Waals surface area contributed by atoms with Crippen LogP contribution in [-0.4, -0.2) is 60.7 Å². The summed E-state index contributed by atoms with van der Waals surface area (Å²) in [4.78, 5) is 16.7. The number of ether oxygens (including phenoxy) is 1. The number of piperidine rings is 2. The van der Waals surface area contributed by atoms with Crippen molar-refractivity contribution in [2.24, 2.45) is 5.41 Å². The van der Waals surface area contributed by atoms with Crippen LogP contribution in [0.25, 0.3) is 0 Å². The Morgan fingerprint density at radius 2 is 2.12 bits per heavy atom. The molecule has 144 valence electrons. The summed E-state index contributed by atoms with van der Waals surface area (Å²) < 4.78 is 5.58. The summed E-state index contributed by atoms with van der Waals surface area (Å²) in [5.41, 5.74) is 2.66. The molecule has 5 nitrogen and oxygen atoms in total. The minimum absolute atomic E-state index is 0.149. The Morgan fingerprint density at radius 3 is 2.88 bits per heavy atom. The molecule has 1 spiro atoms. The molecule has 0 bridgehead atoms. The van der Waals surface area contributed by atoms with Crippen LogP contribution in [0.5, 0.6) is 5.75 Å². The normalized spacial score (nSPS) is 24.3. The average molecular weight is 360 g/mol. The number of benzene rings is 1. The Kier molecular flexibility index (Phi) is 6.20. The number of nitrogens with zero attached hydrogens (tertiary/aromatic N) is 2. The van der Waals surface area contributed by atoms with Gasteiger partial charge in [-0.15, -0.1) is 0 Å². The molecule has 3 rings (SSSR count). The minimum atomic E-state index is 0.149. The Labute approximate surface area is 156 Å². The van der Waals surface area contributed by atoms with Gasteiger partial charge in [0.2, 0.25) is 5.91 Å². The van der Waals surface area contributed by atoms with Crippen LogP contribution in [0.1, 0.15) is 43.2 Å². The van der Waals surface area contributed by atoms with Crippen LogP contribution in [0.15, 0.2) is 18.2 Å². The van der Waals surface area contributed by atoms with Crippen LogP contribution in [0, 0.1) is 12.3 Å². The molecule has 26 heavy (non-hydrogen) atoms. The Hall–Kier alpha value is -1.59. The van der Waals surface area contributed by atoms with Gasteiger partial charge in [-0.25, -0.2) is 0 Å². The predicted octanol–water partition coefficient (Wildman–Crippen LogP) is 2.59. The second-order valence-corrected chi connectivity index (χ2v) is 8.02. The van der Waals surface area contributed by atoms with E-state index in [0.29, 0.717) is 19.4 Å². The average Bonchev–Trinajstić information content (AvgIpc) is 2.64. The third-order valence-corrected chi connectivity index (χ3v) is 5.91. The molecule has 1 atom stereocenters. The van der Waals surface area contributed by atoms with Crippen LogP contribution >= 0.6 is 0 Å². The van der Waals surface area contributed by atoms with Crippen LogP contribution in [0.3, 0.4) is 0 Å². The molecule has 0 aliphatic carbocycles. The zero-order chi connectivity index (χ0) is 18.6. The zero-order valence-corrected chi connectivity index (χ0v) is 16.2. The van der Waals surface area contributed by atoms with Gasteiger partial charge in [-0.1, -0.05) is 12.1 Å². The van der Waals surface area contributed by atoms with Crippen molar-refractivity contribution in [3.63, 3.8) is 0 Å².